The van der Waals surface area contributed by atoms with Gasteiger partial charge < -0.3 is 5.11 Å². The van der Waals surface area contributed by atoms with E-state index >= 15 is 0 Å². The molecule has 1 heterocycles. The van der Waals surface area contributed by atoms with E-state index in [9.17, 15) is 9.50 Å². The lowest BCUT2D eigenvalue weighted by molar-refractivity contribution is 0.0699. The molecule has 1 unspecified atom stereocenters. The van der Waals surface area contributed by atoms with Gasteiger partial charge in [0.05, 0.1) is 0 Å². The molecular weight excluding hydrogens is 253 g/mol. The van der Waals surface area contributed by atoms with E-state index in [2.05, 4.69) is 25.7 Å². The zero-order valence-corrected chi connectivity index (χ0v) is 12.8. The van der Waals surface area contributed by atoms with Crippen molar-refractivity contribution in [2.75, 3.05) is 13.1 Å². The normalized spacial score (nSPS) is 20.8. The van der Waals surface area contributed by atoms with E-state index in [1.54, 1.807) is 12.1 Å². The number of nitrogens with zero attached hydrogens (tertiary/aromatic N) is 1. The maximum absolute atomic E-state index is 14.0. The topological polar surface area (TPSA) is 23.5 Å². The lowest BCUT2D eigenvalue weighted by Crippen LogP contribution is -2.41. The van der Waals surface area contributed by atoms with Gasteiger partial charge in [0, 0.05) is 17.7 Å². The standard InChI is InChI=1S/C17H26FNO/c1-4-17(5-2)8-10-19(11-9-17)13(3)15-7-6-14(20)12-16(15)18/h6-7,12-13,20H,4-5,8-11H2,1-3H3. The van der Waals surface area contributed by atoms with E-state index < -0.39 is 0 Å². The molecule has 0 amide bonds. The highest BCUT2D eigenvalue weighted by Crippen LogP contribution is 2.40. The molecule has 1 aromatic rings. The first-order valence-corrected chi connectivity index (χ1v) is 7.74. The summed E-state index contributed by atoms with van der Waals surface area (Å²) >= 11 is 0. The molecule has 2 rings (SSSR count). The van der Waals surface area contributed by atoms with Gasteiger partial charge in [-0.3, -0.25) is 4.90 Å². The van der Waals surface area contributed by atoms with Gasteiger partial charge in [-0.1, -0.05) is 32.8 Å². The molecule has 0 spiro atoms. The monoisotopic (exact) mass is 279 g/mol. The summed E-state index contributed by atoms with van der Waals surface area (Å²) in [5.41, 5.74) is 1.17. The Morgan fingerprint density at radius 1 is 1.25 bits per heavy atom. The Balaban J connectivity index is 2.06. The van der Waals surface area contributed by atoms with Crippen LogP contribution in [0.4, 0.5) is 4.39 Å². The average Bonchev–Trinajstić information content (AvgIpc) is 2.47. The molecule has 1 aliphatic rings. The van der Waals surface area contributed by atoms with Gasteiger partial charge in [-0.2, -0.15) is 0 Å². The van der Waals surface area contributed by atoms with Crippen LogP contribution in [0.2, 0.25) is 0 Å². The molecule has 1 atom stereocenters. The number of halogens is 1. The van der Waals surface area contributed by atoms with Crippen LogP contribution in [0.3, 0.4) is 0 Å². The van der Waals surface area contributed by atoms with Crippen LogP contribution in [-0.4, -0.2) is 23.1 Å². The fourth-order valence-electron chi connectivity index (χ4n) is 3.39. The third kappa shape index (κ3) is 2.98. The summed E-state index contributed by atoms with van der Waals surface area (Å²) in [6.45, 7) is 8.68. The smallest absolute Gasteiger partial charge is 0.131 e. The fourth-order valence-corrected chi connectivity index (χ4v) is 3.39. The van der Waals surface area contributed by atoms with Crippen molar-refractivity contribution < 1.29 is 9.50 Å². The number of phenolic OH excluding ortho intramolecular Hbond substituents is 1. The van der Waals surface area contributed by atoms with Crippen LogP contribution >= 0.6 is 0 Å². The second-order valence-electron chi connectivity index (χ2n) is 6.12. The quantitative estimate of drug-likeness (QED) is 0.877. The Bertz CT molecular complexity index is 446. The Labute approximate surface area is 121 Å². The van der Waals surface area contributed by atoms with Crippen molar-refractivity contribution in [3.8, 4) is 5.75 Å². The van der Waals surface area contributed by atoms with Gasteiger partial charge in [-0.15, -0.1) is 0 Å². The van der Waals surface area contributed by atoms with Gasteiger partial charge in [0.2, 0.25) is 0 Å². The minimum atomic E-state index is -0.305. The van der Waals surface area contributed by atoms with Gasteiger partial charge in [-0.05, 0) is 44.3 Å². The second kappa shape index (κ2) is 6.13. The summed E-state index contributed by atoms with van der Waals surface area (Å²) in [4.78, 5) is 2.36. The Hall–Kier alpha value is -1.09. The molecule has 1 saturated heterocycles. The van der Waals surface area contributed by atoms with Crippen LogP contribution in [0.15, 0.2) is 18.2 Å². The van der Waals surface area contributed by atoms with Crippen LogP contribution in [0.1, 0.15) is 58.1 Å². The molecule has 1 N–H and O–H groups in total. The van der Waals surface area contributed by atoms with Crippen molar-refractivity contribution in [2.24, 2.45) is 5.41 Å². The first-order valence-electron chi connectivity index (χ1n) is 7.74. The van der Waals surface area contributed by atoms with Gasteiger partial charge in [0.15, 0.2) is 0 Å². The van der Waals surface area contributed by atoms with Crippen molar-refractivity contribution in [2.45, 2.75) is 52.5 Å². The van der Waals surface area contributed by atoms with Crippen LogP contribution in [0.5, 0.6) is 5.75 Å². The number of piperidine rings is 1. The molecule has 0 radical (unpaired) electrons. The van der Waals surface area contributed by atoms with Crippen molar-refractivity contribution in [1.29, 1.82) is 0 Å². The molecule has 1 fully saturated rings. The van der Waals surface area contributed by atoms with Crippen LogP contribution in [0.25, 0.3) is 0 Å². The minimum Gasteiger partial charge on any atom is -0.508 e. The second-order valence-corrected chi connectivity index (χ2v) is 6.12. The predicted molar refractivity (Wildman–Crippen MR) is 80.3 cm³/mol. The number of hydrogen-bond donors (Lipinski definition) is 1. The van der Waals surface area contributed by atoms with E-state index in [1.807, 2.05) is 0 Å². The zero-order chi connectivity index (χ0) is 14.8. The van der Waals surface area contributed by atoms with Crippen molar-refractivity contribution >= 4 is 0 Å². The Morgan fingerprint density at radius 2 is 1.85 bits per heavy atom. The third-order valence-electron chi connectivity index (χ3n) is 5.34. The van der Waals surface area contributed by atoms with Gasteiger partial charge in [0.1, 0.15) is 11.6 Å². The number of phenols is 1. The van der Waals surface area contributed by atoms with E-state index in [0.29, 0.717) is 11.0 Å². The van der Waals surface area contributed by atoms with Crippen LogP contribution in [-0.2, 0) is 0 Å². The summed E-state index contributed by atoms with van der Waals surface area (Å²) in [6.07, 6.45) is 4.87. The highest BCUT2D eigenvalue weighted by Gasteiger charge is 2.33. The maximum Gasteiger partial charge on any atom is 0.131 e. The van der Waals surface area contributed by atoms with E-state index in [0.717, 1.165) is 13.1 Å². The molecule has 0 bridgehead atoms. The molecule has 20 heavy (non-hydrogen) atoms. The maximum atomic E-state index is 14.0. The van der Waals surface area contributed by atoms with Crippen molar-refractivity contribution in [3.05, 3.63) is 29.6 Å². The van der Waals surface area contributed by atoms with E-state index in [1.165, 1.54) is 31.7 Å². The van der Waals surface area contributed by atoms with E-state index in [-0.39, 0.29) is 17.6 Å². The minimum absolute atomic E-state index is 0.00641. The molecular formula is C17H26FNO. The highest BCUT2D eigenvalue weighted by molar-refractivity contribution is 5.29. The summed E-state index contributed by atoms with van der Waals surface area (Å²) < 4.78 is 14.0. The predicted octanol–water partition coefficient (Wildman–Crippen LogP) is 4.49. The zero-order valence-electron chi connectivity index (χ0n) is 12.8. The molecule has 0 saturated carbocycles. The van der Waals surface area contributed by atoms with Crippen LogP contribution in [0, 0.1) is 11.2 Å². The van der Waals surface area contributed by atoms with Gasteiger partial charge in [0.25, 0.3) is 0 Å². The van der Waals surface area contributed by atoms with Crippen molar-refractivity contribution in [1.82, 2.24) is 4.90 Å². The van der Waals surface area contributed by atoms with Crippen molar-refractivity contribution in [3.63, 3.8) is 0 Å². The Morgan fingerprint density at radius 3 is 2.35 bits per heavy atom. The number of likely N-dealkylation sites (tertiary alicyclic amines) is 1. The largest absolute Gasteiger partial charge is 0.508 e. The number of aromatic hydroxyl groups is 1. The molecule has 0 aromatic heterocycles. The van der Waals surface area contributed by atoms with E-state index in [4.69, 9.17) is 0 Å². The van der Waals surface area contributed by atoms with Gasteiger partial charge >= 0.3 is 0 Å². The third-order valence-corrected chi connectivity index (χ3v) is 5.34. The molecule has 3 heteroatoms. The summed E-state index contributed by atoms with van der Waals surface area (Å²) in [7, 11) is 0. The number of rotatable bonds is 4. The Kier molecular flexibility index (Phi) is 4.69. The molecule has 2 nitrogen and oxygen atoms in total. The highest BCUT2D eigenvalue weighted by atomic mass is 19.1. The molecule has 1 aliphatic heterocycles. The van der Waals surface area contributed by atoms with Crippen LogP contribution < -0.4 is 0 Å². The van der Waals surface area contributed by atoms with Gasteiger partial charge in [-0.25, -0.2) is 4.39 Å². The molecule has 112 valence electrons. The summed E-state index contributed by atoms with van der Waals surface area (Å²) in [6, 6.07) is 4.55. The lowest BCUT2D eigenvalue weighted by atomic mass is 9.74. The summed E-state index contributed by atoms with van der Waals surface area (Å²) in [5, 5.41) is 9.31. The molecule has 0 aliphatic carbocycles. The number of hydrogen-bond acceptors (Lipinski definition) is 2. The first kappa shape index (κ1) is 15.3. The SMILES string of the molecule is CCC1(CC)CCN(C(C)c2ccc(O)cc2F)CC1. The molecule has 1 aromatic carbocycles. The number of benzene rings is 1. The first-order chi connectivity index (χ1) is 9.51. The summed E-state index contributed by atoms with van der Waals surface area (Å²) in [5.74, 6) is -0.312. The lowest BCUT2D eigenvalue weighted by Gasteiger charge is -2.43. The average molecular weight is 279 g/mol. The fraction of sp³-hybridized carbons (Fsp3) is 0.647.